The van der Waals surface area contributed by atoms with E-state index in [9.17, 15) is 37.4 Å². The minimum absolute atomic E-state index is 0.0274. The Kier molecular flexibility index (Phi) is 10.5. The molecule has 9 nitrogen and oxygen atoms in total. The molecule has 3 aromatic rings. The standard InChI is InChI=1S/C29H31F4N3O6/c1-17(2)26-24(12-11-21(37)14-22(38)15-25(39)40)36(20-9-7-19(30)8-10-20)34-27(26)28(41)35(3)16-18-5-4-6-23(13-18)42-29(31,32)33/h4-13,17,21-22,37-38H,14-16H2,1-3H3,(H,39,40)/t21-,22+/m0/s1. The zero-order chi connectivity index (χ0) is 31.2. The third-order valence-corrected chi connectivity index (χ3v) is 6.11. The van der Waals surface area contributed by atoms with Gasteiger partial charge in [-0.3, -0.25) is 9.59 Å². The number of benzene rings is 2. The van der Waals surface area contributed by atoms with Crippen molar-refractivity contribution in [3.8, 4) is 11.4 Å². The monoisotopic (exact) mass is 593 g/mol. The van der Waals surface area contributed by atoms with Crippen LogP contribution in [0, 0.1) is 5.82 Å². The number of carbonyl (C=O) groups excluding carboxylic acids is 1. The van der Waals surface area contributed by atoms with Gasteiger partial charge in [0.1, 0.15) is 11.6 Å². The van der Waals surface area contributed by atoms with Crippen LogP contribution in [-0.2, 0) is 11.3 Å². The average Bonchev–Trinajstić information content (AvgIpc) is 3.25. The molecule has 1 aromatic heterocycles. The normalized spacial score (nSPS) is 13.4. The van der Waals surface area contributed by atoms with E-state index >= 15 is 0 Å². The lowest BCUT2D eigenvalue weighted by Crippen LogP contribution is -2.27. The largest absolute Gasteiger partial charge is 0.573 e. The molecule has 226 valence electrons. The van der Waals surface area contributed by atoms with Gasteiger partial charge in [-0.25, -0.2) is 9.07 Å². The number of nitrogens with zero attached hydrogens (tertiary/aromatic N) is 3. The van der Waals surface area contributed by atoms with E-state index in [4.69, 9.17) is 5.11 Å². The van der Waals surface area contributed by atoms with Crippen LogP contribution >= 0.6 is 0 Å². The van der Waals surface area contributed by atoms with Gasteiger partial charge >= 0.3 is 12.3 Å². The average molecular weight is 594 g/mol. The second-order valence-corrected chi connectivity index (χ2v) is 9.96. The molecule has 0 aliphatic carbocycles. The number of aliphatic hydroxyl groups excluding tert-OH is 2. The summed E-state index contributed by atoms with van der Waals surface area (Å²) < 4.78 is 57.0. The Bertz CT molecular complexity index is 1420. The summed E-state index contributed by atoms with van der Waals surface area (Å²) >= 11 is 0. The van der Waals surface area contributed by atoms with Crippen molar-refractivity contribution in [2.45, 2.75) is 57.7 Å². The van der Waals surface area contributed by atoms with Gasteiger partial charge in [0.2, 0.25) is 0 Å². The topological polar surface area (TPSA) is 125 Å². The summed E-state index contributed by atoms with van der Waals surface area (Å²) in [6.07, 6.45) is -5.38. The summed E-state index contributed by atoms with van der Waals surface area (Å²) in [5.74, 6) is -2.98. The Labute approximate surface area is 239 Å². The van der Waals surface area contributed by atoms with Crippen molar-refractivity contribution in [3.63, 3.8) is 0 Å². The van der Waals surface area contributed by atoms with Crippen LogP contribution in [0.2, 0.25) is 0 Å². The maximum atomic E-state index is 13.7. The molecule has 0 radical (unpaired) electrons. The third kappa shape index (κ3) is 8.88. The van der Waals surface area contributed by atoms with Gasteiger partial charge in [0.05, 0.1) is 30.0 Å². The highest BCUT2D eigenvalue weighted by Crippen LogP contribution is 2.30. The molecule has 1 amide bonds. The zero-order valence-corrected chi connectivity index (χ0v) is 23.0. The summed E-state index contributed by atoms with van der Waals surface area (Å²) in [7, 11) is 1.46. The first kappa shape index (κ1) is 32.3. The number of carboxylic acids is 1. The summed E-state index contributed by atoms with van der Waals surface area (Å²) in [4.78, 5) is 25.8. The second-order valence-electron chi connectivity index (χ2n) is 9.96. The molecule has 42 heavy (non-hydrogen) atoms. The van der Waals surface area contributed by atoms with Crippen LogP contribution in [0.5, 0.6) is 5.75 Å². The number of amides is 1. The molecule has 0 aliphatic rings. The predicted octanol–water partition coefficient (Wildman–Crippen LogP) is 4.91. The highest BCUT2D eigenvalue weighted by Gasteiger charge is 2.31. The Morgan fingerprint density at radius 2 is 1.79 bits per heavy atom. The Morgan fingerprint density at radius 1 is 1.12 bits per heavy atom. The maximum absolute atomic E-state index is 13.7. The number of carboxylic acid groups (broad SMARTS) is 1. The molecular weight excluding hydrogens is 562 g/mol. The van der Waals surface area contributed by atoms with Gasteiger partial charge in [0, 0.05) is 25.6 Å². The number of carbonyl (C=O) groups is 2. The molecule has 0 spiro atoms. The fourth-order valence-corrected chi connectivity index (χ4v) is 4.32. The van der Waals surface area contributed by atoms with Gasteiger partial charge in [0.25, 0.3) is 5.91 Å². The lowest BCUT2D eigenvalue weighted by atomic mass is 9.98. The highest BCUT2D eigenvalue weighted by molar-refractivity contribution is 5.95. The Hall–Kier alpha value is -4.23. The summed E-state index contributed by atoms with van der Waals surface area (Å²) in [5.41, 5.74) is 1.65. The van der Waals surface area contributed by atoms with E-state index in [-0.39, 0.29) is 24.6 Å². The first-order chi connectivity index (χ1) is 19.6. The third-order valence-electron chi connectivity index (χ3n) is 6.11. The first-order valence-electron chi connectivity index (χ1n) is 12.9. The minimum Gasteiger partial charge on any atom is -0.481 e. The van der Waals surface area contributed by atoms with Crippen molar-refractivity contribution in [2.75, 3.05) is 7.05 Å². The summed E-state index contributed by atoms with van der Waals surface area (Å²) in [6, 6.07) is 10.5. The molecule has 2 aromatic carbocycles. The van der Waals surface area contributed by atoms with Crippen LogP contribution in [-0.4, -0.2) is 67.5 Å². The molecule has 0 fully saturated rings. The smallest absolute Gasteiger partial charge is 0.481 e. The number of rotatable bonds is 12. The Balaban J connectivity index is 1.99. The molecule has 3 rings (SSSR count). The number of hydrogen-bond acceptors (Lipinski definition) is 6. The Morgan fingerprint density at radius 3 is 2.38 bits per heavy atom. The van der Waals surface area contributed by atoms with Crippen molar-refractivity contribution >= 4 is 18.0 Å². The fraction of sp³-hybridized carbons (Fsp3) is 0.345. The van der Waals surface area contributed by atoms with Crippen molar-refractivity contribution in [1.82, 2.24) is 14.7 Å². The molecule has 1 heterocycles. The van der Waals surface area contributed by atoms with Crippen molar-refractivity contribution in [3.05, 3.63) is 82.9 Å². The molecule has 3 N–H and O–H groups in total. The SMILES string of the molecule is CC(C)c1c(C(=O)N(C)Cc2cccc(OC(F)(F)F)c2)nn(-c2ccc(F)cc2)c1C=C[C@H](O)C[C@@H](O)CC(=O)O. The number of aliphatic carboxylic acids is 1. The molecule has 2 atom stereocenters. The van der Waals surface area contributed by atoms with E-state index < -0.39 is 48.4 Å². The quantitative estimate of drug-likeness (QED) is 0.255. The van der Waals surface area contributed by atoms with Crippen molar-refractivity contribution < 1.29 is 47.2 Å². The first-order valence-corrected chi connectivity index (χ1v) is 12.9. The van der Waals surface area contributed by atoms with E-state index in [0.29, 0.717) is 22.5 Å². The van der Waals surface area contributed by atoms with E-state index in [0.717, 1.165) is 6.07 Å². The van der Waals surface area contributed by atoms with Crippen molar-refractivity contribution in [1.29, 1.82) is 0 Å². The summed E-state index contributed by atoms with van der Waals surface area (Å²) in [5, 5.41) is 33.6. The van der Waals surface area contributed by atoms with E-state index in [1.807, 2.05) is 13.8 Å². The van der Waals surface area contributed by atoms with Gasteiger partial charge < -0.3 is 25.0 Å². The molecule has 0 aliphatic heterocycles. The van der Waals surface area contributed by atoms with E-state index in [1.165, 1.54) is 65.2 Å². The second kappa shape index (κ2) is 13.6. The van der Waals surface area contributed by atoms with Crippen LogP contribution in [0.1, 0.15) is 59.9 Å². The molecular formula is C29H31F4N3O6. The van der Waals surface area contributed by atoms with Gasteiger partial charge in [-0.1, -0.05) is 32.1 Å². The number of alkyl halides is 3. The predicted molar refractivity (Wildman–Crippen MR) is 144 cm³/mol. The van der Waals surface area contributed by atoms with Crippen LogP contribution in [0.25, 0.3) is 11.8 Å². The molecule has 0 bridgehead atoms. The fourth-order valence-electron chi connectivity index (χ4n) is 4.32. The van der Waals surface area contributed by atoms with Gasteiger partial charge in [-0.05, 0) is 54.0 Å². The van der Waals surface area contributed by atoms with E-state index in [2.05, 4.69) is 9.84 Å². The van der Waals surface area contributed by atoms with Gasteiger partial charge in [0.15, 0.2) is 5.69 Å². The molecule has 0 unspecified atom stereocenters. The van der Waals surface area contributed by atoms with Crippen LogP contribution < -0.4 is 4.74 Å². The van der Waals surface area contributed by atoms with E-state index in [1.54, 1.807) is 6.07 Å². The highest BCUT2D eigenvalue weighted by atomic mass is 19.4. The number of ether oxygens (including phenoxy) is 1. The van der Waals surface area contributed by atoms with Gasteiger partial charge in [-0.15, -0.1) is 13.2 Å². The summed E-state index contributed by atoms with van der Waals surface area (Å²) in [6.45, 7) is 3.55. The van der Waals surface area contributed by atoms with Gasteiger partial charge in [-0.2, -0.15) is 5.10 Å². The van der Waals surface area contributed by atoms with Crippen LogP contribution in [0.4, 0.5) is 17.6 Å². The maximum Gasteiger partial charge on any atom is 0.573 e. The number of halogens is 4. The number of hydrogen-bond donors (Lipinski definition) is 3. The zero-order valence-electron chi connectivity index (χ0n) is 23.0. The van der Waals surface area contributed by atoms with Crippen LogP contribution in [0.15, 0.2) is 54.6 Å². The van der Waals surface area contributed by atoms with Crippen molar-refractivity contribution in [2.24, 2.45) is 0 Å². The lowest BCUT2D eigenvalue weighted by molar-refractivity contribution is -0.274. The number of aliphatic hydroxyl groups is 2. The van der Waals surface area contributed by atoms with Crippen LogP contribution in [0.3, 0.4) is 0 Å². The number of aromatic nitrogens is 2. The lowest BCUT2D eigenvalue weighted by Gasteiger charge is -2.18. The molecule has 0 saturated carbocycles. The minimum atomic E-state index is -4.87. The molecule has 13 heteroatoms. The molecule has 0 saturated heterocycles.